The van der Waals surface area contributed by atoms with Crippen LogP contribution in [0.15, 0.2) is 18.2 Å². The summed E-state index contributed by atoms with van der Waals surface area (Å²) in [6, 6.07) is 5.71. The van der Waals surface area contributed by atoms with E-state index >= 15 is 0 Å². The number of carbonyl (C=O) groups is 3. The van der Waals surface area contributed by atoms with E-state index in [0.29, 0.717) is 43.6 Å². The fourth-order valence-corrected chi connectivity index (χ4v) is 4.67. The molecule has 7 heteroatoms. The smallest absolute Gasteiger partial charge is 0.255 e. The van der Waals surface area contributed by atoms with E-state index in [2.05, 4.69) is 10.6 Å². The molecular weight excluding hydrogens is 344 g/mol. The van der Waals surface area contributed by atoms with Crippen LogP contribution in [0.3, 0.4) is 0 Å². The van der Waals surface area contributed by atoms with Gasteiger partial charge >= 0.3 is 0 Å². The van der Waals surface area contributed by atoms with Crippen LogP contribution >= 0.6 is 0 Å². The number of piperidine rings is 1. The number of nitrogens with zero attached hydrogens (tertiary/aromatic N) is 1. The minimum Gasteiger partial charge on any atom is -0.330 e. The van der Waals surface area contributed by atoms with Gasteiger partial charge in [0.15, 0.2) is 0 Å². The van der Waals surface area contributed by atoms with E-state index < -0.39 is 6.04 Å². The average Bonchev–Trinajstić information content (AvgIpc) is 3.24. The van der Waals surface area contributed by atoms with Gasteiger partial charge in [0.2, 0.25) is 11.8 Å². The third-order valence-corrected chi connectivity index (χ3v) is 6.16. The molecule has 0 aromatic heterocycles. The normalized spacial score (nSPS) is 27.8. The Morgan fingerprint density at radius 1 is 1.19 bits per heavy atom. The Hall–Kier alpha value is -2.25. The van der Waals surface area contributed by atoms with Gasteiger partial charge in [-0.15, -0.1) is 0 Å². The van der Waals surface area contributed by atoms with Crippen LogP contribution in [0.1, 0.15) is 53.6 Å². The Bertz CT molecular complexity index is 778. The van der Waals surface area contributed by atoms with Crippen molar-refractivity contribution in [1.82, 2.24) is 15.5 Å². The summed E-state index contributed by atoms with van der Waals surface area (Å²) >= 11 is 0. The Kier molecular flexibility index (Phi) is 4.97. The highest BCUT2D eigenvalue weighted by Gasteiger charge is 2.40. The molecule has 1 saturated heterocycles. The monoisotopic (exact) mass is 370 g/mol. The number of hydrogen-bond donors (Lipinski definition) is 3. The van der Waals surface area contributed by atoms with Gasteiger partial charge in [0.25, 0.3) is 5.91 Å². The third-order valence-electron chi connectivity index (χ3n) is 6.16. The molecule has 1 aromatic rings. The first-order valence-corrected chi connectivity index (χ1v) is 9.77. The van der Waals surface area contributed by atoms with E-state index in [1.165, 1.54) is 6.42 Å². The fraction of sp³-hybridized carbons (Fsp3) is 0.550. The molecular formula is C20H26N4O3. The highest BCUT2D eigenvalue weighted by Crippen LogP contribution is 2.30. The van der Waals surface area contributed by atoms with Gasteiger partial charge in [-0.05, 0) is 42.9 Å². The van der Waals surface area contributed by atoms with Crippen LogP contribution in [-0.4, -0.2) is 41.2 Å². The van der Waals surface area contributed by atoms with E-state index in [-0.39, 0.29) is 24.1 Å². The molecule has 1 aromatic carbocycles. The van der Waals surface area contributed by atoms with Crippen LogP contribution in [0, 0.1) is 5.92 Å². The summed E-state index contributed by atoms with van der Waals surface area (Å²) in [7, 11) is 0. The van der Waals surface area contributed by atoms with Crippen molar-refractivity contribution in [3.05, 3.63) is 34.9 Å². The van der Waals surface area contributed by atoms with E-state index in [9.17, 15) is 14.4 Å². The molecule has 7 nitrogen and oxygen atoms in total. The summed E-state index contributed by atoms with van der Waals surface area (Å²) in [5.74, 6) is -0.253. The second-order valence-corrected chi connectivity index (χ2v) is 7.77. The highest BCUT2D eigenvalue weighted by atomic mass is 16.2. The molecule has 3 amide bonds. The second kappa shape index (κ2) is 7.40. The van der Waals surface area contributed by atoms with Crippen molar-refractivity contribution >= 4 is 17.7 Å². The Balaban J connectivity index is 1.50. The summed E-state index contributed by atoms with van der Waals surface area (Å²) in [5.41, 5.74) is 8.49. The standard InChI is InChI=1S/C20H26N4O3/c21-9-12-3-2-6-15(12)22-10-13-4-1-5-14-11-24(20(27)18(13)14)16-7-8-17(25)23-19(16)26/h1,4-5,12,15-16,22H,2-3,6-11,21H2,(H,23,25,26). The lowest BCUT2D eigenvalue weighted by molar-refractivity contribution is -0.136. The largest absolute Gasteiger partial charge is 0.330 e. The highest BCUT2D eigenvalue weighted by molar-refractivity contribution is 6.05. The van der Waals surface area contributed by atoms with Gasteiger partial charge in [-0.1, -0.05) is 24.6 Å². The zero-order valence-electron chi connectivity index (χ0n) is 15.4. The maximum Gasteiger partial charge on any atom is 0.255 e. The van der Waals surface area contributed by atoms with Crippen molar-refractivity contribution in [2.75, 3.05) is 6.54 Å². The lowest BCUT2D eigenvalue weighted by Gasteiger charge is -2.29. The molecule has 1 aliphatic carbocycles. The molecule has 0 bridgehead atoms. The predicted octanol–water partition coefficient (Wildman–Crippen LogP) is 0.665. The molecule has 4 rings (SSSR count). The maximum absolute atomic E-state index is 13.1. The molecule has 144 valence electrons. The molecule has 3 unspecified atom stereocenters. The Morgan fingerprint density at radius 2 is 2.04 bits per heavy atom. The van der Waals surface area contributed by atoms with Crippen molar-refractivity contribution in [3.8, 4) is 0 Å². The number of amides is 3. The quantitative estimate of drug-likeness (QED) is 0.661. The zero-order valence-corrected chi connectivity index (χ0v) is 15.4. The predicted molar refractivity (Wildman–Crippen MR) is 99.5 cm³/mol. The maximum atomic E-state index is 13.1. The lowest BCUT2D eigenvalue weighted by atomic mass is 10.0. The van der Waals surface area contributed by atoms with E-state index in [1.807, 2.05) is 18.2 Å². The number of imide groups is 1. The van der Waals surface area contributed by atoms with E-state index in [0.717, 1.165) is 24.0 Å². The molecule has 3 aliphatic rings. The summed E-state index contributed by atoms with van der Waals surface area (Å²) < 4.78 is 0. The van der Waals surface area contributed by atoms with Crippen LogP contribution in [0.25, 0.3) is 0 Å². The molecule has 3 atom stereocenters. The number of hydrogen-bond acceptors (Lipinski definition) is 5. The van der Waals surface area contributed by atoms with Crippen molar-refractivity contribution in [2.24, 2.45) is 11.7 Å². The minimum atomic E-state index is -0.570. The minimum absolute atomic E-state index is 0.112. The van der Waals surface area contributed by atoms with E-state index in [4.69, 9.17) is 5.73 Å². The van der Waals surface area contributed by atoms with Gasteiger partial charge in [0, 0.05) is 31.1 Å². The van der Waals surface area contributed by atoms with Crippen molar-refractivity contribution in [2.45, 2.75) is 57.3 Å². The number of carbonyl (C=O) groups excluding carboxylic acids is 3. The second-order valence-electron chi connectivity index (χ2n) is 7.77. The fourth-order valence-electron chi connectivity index (χ4n) is 4.67. The van der Waals surface area contributed by atoms with Crippen molar-refractivity contribution < 1.29 is 14.4 Å². The molecule has 0 radical (unpaired) electrons. The van der Waals surface area contributed by atoms with Crippen molar-refractivity contribution in [1.29, 1.82) is 0 Å². The number of benzene rings is 1. The van der Waals surface area contributed by atoms with E-state index in [1.54, 1.807) is 4.90 Å². The molecule has 1 saturated carbocycles. The number of fused-ring (bicyclic) bond motifs is 1. The van der Waals surface area contributed by atoms with Gasteiger partial charge in [-0.25, -0.2) is 0 Å². The lowest BCUT2D eigenvalue weighted by Crippen LogP contribution is -2.52. The van der Waals surface area contributed by atoms with Gasteiger partial charge in [0.05, 0.1) is 0 Å². The molecule has 27 heavy (non-hydrogen) atoms. The molecule has 2 fully saturated rings. The molecule has 2 heterocycles. The Labute approximate surface area is 158 Å². The summed E-state index contributed by atoms with van der Waals surface area (Å²) in [5, 5.41) is 5.93. The van der Waals surface area contributed by atoms with Crippen LogP contribution in [0.4, 0.5) is 0 Å². The van der Waals surface area contributed by atoms with Crippen LogP contribution in [-0.2, 0) is 22.7 Å². The average molecular weight is 370 g/mol. The van der Waals surface area contributed by atoms with Crippen LogP contribution < -0.4 is 16.4 Å². The molecule has 2 aliphatic heterocycles. The van der Waals surface area contributed by atoms with Gasteiger partial charge in [-0.3, -0.25) is 19.7 Å². The van der Waals surface area contributed by atoms with Gasteiger partial charge < -0.3 is 16.0 Å². The van der Waals surface area contributed by atoms with Gasteiger partial charge in [0.1, 0.15) is 6.04 Å². The number of nitrogens with one attached hydrogen (secondary N) is 2. The van der Waals surface area contributed by atoms with Crippen molar-refractivity contribution in [3.63, 3.8) is 0 Å². The van der Waals surface area contributed by atoms with Crippen LogP contribution in [0.5, 0.6) is 0 Å². The third kappa shape index (κ3) is 3.37. The summed E-state index contributed by atoms with van der Waals surface area (Å²) in [4.78, 5) is 38.3. The zero-order chi connectivity index (χ0) is 19.0. The number of nitrogens with two attached hydrogens (primary N) is 1. The topological polar surface area (TPSA) is 105 Å². The SMILES string of the molecule is NCC1CCCC1NCc1cccc2c1C(=O)N(C1CCC(=O)NC1=O)C2. The number of rotatable bonds is 5. The summed E-state index contributed by atoms with van der Waals surface area (Å²) in [6.45, 7) is 1.73. The Morgan fingerprint density at radius 3 is 2.81 bits per heavy atom. The van der Waals surface area contributed by atoms with Gasteiger partial charge in [-0.2, -0.15) is 0 Å². The summed E-state index contributed by atoms with van der Waals surface area (Å²) in [6.07, 6.45) is 4.12. The molecule has 4 N–H and O–H groups in total. The first kappa shape index (κ1) is 18.1. The first-order chi connectivity index (χ1) is 13.1. The first-order valence-electron chi connectivity index (χ1n) is 9.77. The molecule has 0 spiro atoms. The van der Waals surface area contributed by atoms with Crippen LogP contribution in [0.2, 0.25) is 0 Å².